The molecule has 1 aliphatic heterocycles. The van der Waals surface area contributed by atoms with Crippen molar-refractivity contribution < 1.29 is 14.0 Å². The van der Waals surface area contributed by atoms with E-state index in [9.17, 15) is 9.59 Å². The summed E-state index contributed by atoms with van der Waals surface area (Å²) in [5.41, 5.74) is 3.59. The second-order valence-corrected chi connectivity index (χ2v) is 9.34. The summed E-state index contributed by atoms with van der Waals surface area (Å²) in [7, 11) is 0. The highest BCUT2D eigenvalue weighted by Gasteiger charge is 2.35. The van der Waals surface area contributed by atoms with Crippen LogP contribution < -0.4 is 0 Å². The number of hydrogen-bond acceptors (Lipinski definition) is 5. The molecular weight excluding hydrogens is 452 g/mol. The van der Waals surface area contributed by atoms with Crippen molar-refractivity contribution in [2.24, 2.45) is 0 Å². The van der Waals surface area contributed by atoms with Crippen LogP contribution in [0.2, 0.25) is 0 Å². The summed E-state index contributed by atoms with van der Waals surface area (Å²) >= 11 is 0. The number of rotatable bonds is 6. The Morgan fingerprint density at radius 1 is 1.03 bits per heavy atom. The molecule has 0 aliphatic carbocycles. The highest BCUT2D eigenvalue weighted by atomic mass is 16.4. The summed E-state index contributed by atoms with van der Waals surface area (Å²) in [5, 5.41) is 4.47. The minimum absolute atomic E-state index is 0.0398. The fourth-order valence-electron chi connectivity index (χ4n) is 4.94. The molecule has 0 bridgehead atoms. The van der Waals surface area contributed by atoms with Crippen molar-refractivity contribution in [3.8, 4) is 17.0 Å². The molecule has 2 aromatic carbocycles. The van der Waals surface area contributed by atoms with Crippen molar-refractivity contribution in [1.82, 2.24) is 19.7 Å². The lowest BCUT2D eigenvalue weighted by Gasteiger charge is -2.37. The Hall–Kier alpha value is -4.00. The van der Waals surface area contributed by atoms with Crippen LogP contribution in [0.4, 0.5) is 0 Å². The molecule has 1 fully saturated rings. The zero-order valence-electron chi connectivity index (χ0n) is 20.8. The molecule has 2 atom stereocenters. The van der Waals surface area contributed by atoms with Gasteiger partial charge in [0.1, 0.15) is 0 Å². The van der Waals surface area contributed by atoms with E-state index in [0.717, 1.165) is 36.2 Å². The molecule has 2 aromatic heterocycles. The van der Waals surface area contributed by atoms with Gasteiger partial charge < -0.3 is 9.32 Å². The van der Waals surface area contributed by atoms with Crippen LogP contribution in [-0.4, -0.2) is 43.9 Å². The van der Waals surface area contributed by atoms with E-state index in [2.05, 4.69) is 23.9 Å². The summed E-state index contributed by atoms with van der Waals surface area (Å²) in [6.07, 6.45) is 4.23. The number of carbonyl (C=O) groups is 2. The fourth-order valence-corrected chi connectivity index (χ4v) is 4.94. The van der Waals surface area contributed by atoms with Crippen molar-refractivity contribution >= 4 is 11.7 Å². The summed E-state index contributed by atoms with van der Waals surface area (Å²) in [4.78, 5) is 32.8. The number of hydrogen-bond donors (Lipinski definition) is 0. The van der Waals surface area contributed by atoms with Crippen molar-refractivity contribution in [1.29, 1.82) is 0 Å². The van der Waals surface area contributed by atoms with E-state index in [0.29, 0.717) is 29.5 Å². The molecule has 4 aromatic rings. The predicted molar refractivity (Wildman–Crippen MR) is 137 cm³/mol. The maximum Gasteiger partial charge on any atom is 0.256 e. The highest BCUT2D eigenvalue weighted by Crippen LogP contribution is 2.35. The number of carbonyl (C=O) groups excluding carboxylic acids is 2. The number of aromatic nitrogens is 3. The van der Waals surface area contributed by atoms with Gasteiger partial charge >= 0.3 is 0 Å². The topological polar surface area (TPSA) is 81.2 Å². The van der Waals surface area contributed by atoms with Gasteiger partial charge in [-0.15, -0.1) is 0 Å². The molecule has 5 rings (SSSR count). The first kappa shape index (κ1) is 23.7. The lowest BCUT2D eigenvalue weighted by atomic mass is 9.92. The lowest BCUT2D eigenvalue weighted by Crippen LogP contribution is -2.45. The molecule has 3 heterocycles. The molecule has 1 aliphatic rings. The van der Waals surface area contributed by atoms with Gasteiger partial charge in [0.25, 0.3) is 5.91 Å². The number of nitrogens with zero attached hydrogens (tertiary/aromatic N) is 4. The maximum atomic E-state index is 13.9. The third-order valence-electron chi connectivity index (χ3n) is 6.95. The number of oxazole rings is 1. The van der Waals surface area contributed by atoms with Gasteiger partial charge in [-0.25, -0.2) is 9.67 Å². The van der Waals surface area contributed by atoms with Crippen molar-refractivity contribution in [2.45, 2.75) is 52.0 Å². The van der Waals surface area contributed by atoms with E-state index in [1.54, 1.807) is 6.20 Å². The van der Waals surface area contributed by atoms with E-state index >= 15 is 0 Å². The number of ketones is 1. The molecule has 7 heteroatoms. The van der Waals surface area contributed by atoms with Crippen LogP contribution in [0.3, 0.4) is 0 Å². The van der Waals surface area contributed by atoms with Crippen LogP contribution in [0.5, 0.6) is 0 Å². The molecule has 7 nitrogen and oxygen atoms in total. The third-order valence-corrected chi connectivity index (χ3v) is 6.95. The summed E-state index contributed by atoms with van der Waals surface area (Å²) in [6.45, 7) is 6.13. The van der Waals surface area contributed by atoms with Gasteiger partial charge in [-0.05, 0) is 44.4 Å². The van der Waals surface area contributed by atoms with Crippen molar-refractivity contribution in [2.75, 3.05) is 6.54 Å². The second kappa shape index (κ2) is 9.93. The molecule has 1 saturated heterocycles. The van der Waals surface area contributed by atoms with E-state index in [1.807, 2.05) is 70.2 Å². The molecule has 2 unspecified atom stereocenters. The predicted octanol–water partition coefficient (Wildman–Crippen LogP) is 5.70. The molecule has 0 radical (unpaired) electrons. The standard InChI is InChI=1S/C29H30N4O3/c1-4-23-16-17-30-33(23)25-13-9-8-12-24(25)29(35)32-18-22(15-14-19(32)2)28-31-26(20(3)34)27(36-28)21-10-6-5-7-11-21/h5-13,16-17,19,22H,4,14-15,18H2,1-3H3. The number of Topliss-reactive ketones (excluding diaryl/α,β-unsaturated/α-hetero) is 1. The Balaban J connectivity index is 1.46. The molecular formula is C29H30N4O3. The Morgan fingerprint density at radius 2 is 1.78 bits per heavy atom. The highest BCUT2D eigenvalue weighted by molar-refractivity contribution is 5.98. The van der Waals surface area contributed by atoms with Gasteiger partial charge in [0.15, 0.2) is 17.2 Å². The van der Waals surface area contributed by atoms with E-state index in [-0.39, 0.29) is 23.7 Å². The first-order chi connectivity index (χ1) is 17.5. The fraction of sp³-hybridized carbons (Fsp3) is 0.310. The average Bonchev–Trinajstić information content (AvgIpc) is 3.57. The number of amides is 1. The Labute approximate surface area is 210 Å². The van der Waals surface area contributed by atoms with Gasteiger partial charge in [0, 0.05) is 37.0 Å². The lowest BCUT2D eigenvalue weighted by molar-refractivity contribution is 0.0597. The van der Waals surface area contributed by atoms with Gasteiger partial charge in [-0.3, -0.25) is 9.59 Å². The number of aryl methyl sites for hydroxylation is 1. The third kappa shape index (κ3) is 4.37. The normalized spacial score (nSPS) is 17.8. The Kier molecular flexibility index (Phi) is 6.55. The Morgan fingerprint density at radius 3 is 2.53 bits per heavy atom. The maximum absolute atomic E-state index is 13.9. The molecule has 184 valence electrons. The zero-order valence-corrected chi connectivity index (χ0v) is 20.8. The van der Waals surface area contributed by atoms with Crippen LogP contribution in [0.1, 0.15) is 72.0 Å². The van der Waals surface area contributed by atoms with E-state index in [1.165, 1.54) is 6.92 Å². The quantitative estimate of drug-likeness (QED) is 0.329. The van der Waals surface area contributed by atoms with Crippen LogP contribution in [0.15, 0.2) is 71.3 Å². The smallest absolute Gasteiger partial charge is 0.256 e. The number of benzene rings is 2. The summed E-state index contributed by atoms with van der Waals surface area (Å²) in [6, 6.07) is 19.2. The van der Waals surface area contributed by atoms with Crippen molar-refractivity contribution in [3.63, 3.8) is 0 Å². The molecule has 0 saturated carbocycles. The zero-order chi connectivity index (χ0) is 25.2. The van der Waals surface area contributed by atoms with Crippen LogP contribution in [-0.2, 0) is 6.42 Å². The number of para-hydroxylation sites is 1. The van der Waals surface area contributed by atoms with Crippen molar-refractivity contribution in [3.05, 3.63) is 89.7 Å². The van der Waals surface area contributed by atoms with Crippen LogP contribution >= 0.6 is 0 Å². The minimum Gasteiger partial charge on any atom is -0.440 e. The second-order valence-electron chi connectivity index (χ2n) is 9.34. The number of likely N-dealkylation sites (tertiary alicyclic amines) is 1. The largest absolute Gasteiger partial charge is 0.440 e. The molecule has 0 spiro atoms. The summed E-state index contributed by atoms with van der Waals surface area (Å²) in [5.74, 6) is 0.731. The SMILES string of the molecule is CCc1ccnn1-c1ccccc1C(=O)N1CC(c2nc(C(C)=O)c(-c3ccccc3)o2)CCC1C. The first-order valence-corrected chi connectivity index (χ1v) is 12.5. The molecule has 36 heavy (non-hydrogen) atoms. The minimum atomic E-state index is -0.138. The summed E-state index contributed by atoms with van der Waals surface area (Å²) < 4.78 is 8.05. The Bertz CT molecular complexity index is 1390. The van der Waals surface area contributed by atoms with E-state index < -0.39 is 0 Å². The van der Waals surface area contributed by atoms with E-state index in [4.69, 9.17) is 4.42 Å². The van der Waals surface area contributed by atoms with Gasteiger partial charge in [-0.1, -0.05) is 49.4 Å². The molecule has 0 N–H and O–H groups in total. The monoisotopic (exact) mass is 482 g/mol. The van der Waals surface area contributed by atoms with Crippen LogP contribution in [0, 0.1) is 0 Å². The molecule has 1 amide bonds. The van der Waals surface area contributed by atoms with Gasteiger partial charge in [0.05, 0.1) is 17.2 Å². The first-order valence-electron chi connectivity index (χ1n) is 12.5. The average molecular weight is 483 g/mol. The van der Waals surface area contributed by atoms with Gasteiger partial charge in [0.2, 0.25) is 5.89 Å². The number of piperidine rings is 1. The van der Waals surface area contributed by atoms with Crippen LogP contribution in [0.25, 0.3) is 17.0 Å². The van der Waals surface area contributed by atoms with Gasteiger partial charge in [-0.2, -0.15) is 5.10 Å².